The maximum Gasteiger partial charge on any atom is 0.296 e. The topological polar surface area (TPSA) is 90.7 Å². The highest BCUT2D eigenvalue weighted by Crippen LogP contribution is 2.37. The zero-order valence-corrected chi connectivity index (χ0v) is 16.1. The van der Waals surface area contributed by atoms with Gasteiger partial charge in [0, 0.05) is 0 Å². The molecule has 0 aliphatic carbocycles. The molecule has 7 nitrogen and oxygen atoms in total. The maximum atomic E-state index is 12.9. The molecule has 0 spiro atoms. The molecule has 27 heavy (non-hydrogen) atoms. The van der Waals surface area contributed by atoms with Gasteiger partial charge in [0.25, 0.3) is 11.6 Å². The summed E-state index contributed by atoms with van der Waals surface area (Å²) in [7, 11) is 2.87. The molecule has 3 aromatic carbocycles. The molecule has 0 radical (unpaired) electrons. The number of anilines is 1. The normalized spacial score (nSPS) is 10.5. The minimum atomic E-state index is -0.578. The van der Waals surface area contributed by atoms with Crippen LogP contribution in [0.1, 0.15) is 10.4 Å². The number of methoxy groups -OCH3 is 2. The highest BCUT2D eigenvalue weighted by Gasteiger charge is 2.22. The van der Waals surface area contributed by atoms with Crippen molar-refractivity contribution in [1.29, 1.82) is 0 Å². The Hall–Kier alpha value is -3.13. The largest absolute Gasteiger partial charge is 0.496 e. The first-order valence-corrected chi connectivity index (χ1v) is 8.64. The maximum absolute atomic E-state index is 12.9. The van der Waals surface area contributed by atoms with E-state index < -0.39 is 10.8 Å². The second kappa shape index (κ2) is 7.63. The van der Waals surface area contributed by atoms with Crippen molar-refractivity contribution in [3.05, 3.63) is 68.7 Å². The lowest BCUT2D eigenvalue weighted by atomic mass is 10.0. The van der Waals surface area contributed by atoms with Crippen molar-refractivity contribution >= 4 is 44.0 Å². The number of nitrogens with zero attached hydrogens (tertiary/aromatic N) is 1. The number of rotatable bonds is 5. The van der Waals surface area contributed by atoms with E-state index in [1.165, 1.54) is 32.4 Å². The molecule has 0 heterocycles. The van der Waals surface area contributed by atoms with Gasteiger partial charge in [-0.2, -0.15) is 0 Å². The van der Waals surface area contributed by atoms with E-state index in [0.29, 0.717) is 16.0 Å². The molecule has 8 heteroatoms. The van der Waals surface area contributed by atoms with Gasteiger partial charge in [-0.3, -0.25) is 14.9 Å². The average Bonchev–Trinajstić information content (AvgIpc) is 2.68. The monoisotopic (exact) mass is 430 g/mol. The fraction of sp³-hybridized carbons (Fsp3) is 0.105. The standard InChI is InChI=1S/C19H15BrN2O5/c1-26-12-7-8-15(16(10-12)22(24)25)21-19(23)14-9-11-5-3-4-6-13(11)17(20)18(14)27-2/h3-10H,1-2H3,(H,21,23). The Kier molecular flexibility index (Phi) is 5.27. The lowest BCUT2D eigenvalue weighted by molar-refractivity contribution is -0.384. The minimum absolute atomic E-state index is 0.0668. The number of halogens is 1. The van der Waals surface area contributed by atoms with Crippen molar-refractivity contribution in [3.8, 4) is 11.5 Å². The Balaban J connectivity index is 2.06. The Morgan fingerprint density at radius 1 is 1.11 bits per heavy atom. The van der Waals surface area contributed by atoms with Crippen LogP contribution in [0, 0.1) is 10.1 Å². The van der Waals surface area contributed by atoms with Gasteiger partial charge in [-0.15, -0.1) is 0 Å². The molecule has 0 aliphatic heterocycles. The highest BCUT2D eigenvalue weighted by molar-refractivity contribution is 9.10. The second-order valence-corrected chi connectivity index (χ2v) is 6.38. The van der Waals surface area contributed by atoms with E-state index in [2.05, 4.69) is 21.2 Å². The molecule has 0 fully saturated rings. The van der Waals surface area contributed by atoms with E-state index in [9.17, 15) is 14.9 Å². The first kappa shape index (κ1) is 18.7. The van der Waals surface area contributed by atoms with Crippen LogP contribution in [0.3, 0.4) is 0 Å². The van der Waals surface area contributed by atoms with Gasteiger partial charge in [-0.25, -0.2) is 0 Å². The molecule has 0 atom stereocenters. The fourth-order valence-corrected chi connectivity index (χ4v) is 3.47. The van der Waals surface area contributed by atoms with E-state index in [-0.39, 0.29) is 16.9 Å². The van der Waals surface area contributed by atoms with Crippen LogP contribution in [0.15, 0.2) is 53.0 Å². The lowest BCUT2D eigenvalue weighted by Gasteiger charge is -2.14. The summed E-state index contributed by atoms with van der Waals surface area (Å²) >= 11 is 3.47. The van der Waals surface area contributed by atoms with Crippen molar-refractivity contribution in [2.45, 2.75) is 0 Å². The molecule has 0 saturated heterocycles. The van der Waals surface area contributed by atoms with E-state index in [1.807, 2.05) is 24.3 Å². The zero-order valence-electron chi connectivity index (χ0n) is 14.5. The Morgan fingerprint density at radius 2 is 1.85 bits per heavy atom. The molecular weight excluding hydrogens is 416 g/mol. The molecule has 3 rings (SSSR count). The first-order chi connectivity index (χ1) is 13.0. The molecule has 0 bridgehead atoms. The first-order valence-electron chi connectivity index (χ1n) is 7.85. The van der Waals surface area contributed by atoms with Crippen molar-refractivity contribution < 1.29 is 19.2 Å². The Bertz CT molecular complexity index is 1050. The van der Waals surface area contributed by atoms with Crippen molar-refractivity contribution in [3.63, 3.8) is 0 Å². The third kappa shape index (κ3) is 3.56. The Morgan fingerprint density at radius 3 is 2.52 bits per heavy atom. The van der Waals surface area contributed by atoms with Crippen molar-refractivity contribution in [2.24, 2.45) is 0 Å². The summed E-state index contributed by atoms with van der Waals surface area (Å²) in [5.41, 5.74) is 0.0619. The van der Waals surface area contributed by atoms with Crippen LogP contribution in [0.25, 0.3) is 10.8 Å². The van der Waals surface area contributed by atoms with Gasteiger partial charge in [-0.05, 0) is 44.9 Å². The molecule has 0 unspecified atom stereocenters. The van der Waals surface area contributed by atoms with Crippen LogP contribution in [0.2, 0.25) is 0 Å². The van der Waals surface area contributed by atoms with Gasteiger partial charge in [0.2, 0.25) is 0 Å². The summed E-state index contributed by atoms with van der Waals surface area (Å²) in [6, 6.07) is 13.4. The van der Waals surface area contributed by atoms with E-state index in [1.54, 1.807) is 6.07 Å². The van der Waals surface area contributed by atoms with Crippen LogP contribution >= 0.6 is 15.9 Å². The number of nitrogens with one attached hydrogen (secondary N) is 1. The minimum Gasteiger partial charge on any atom is -0.496 e. The molecule has 0 aliphatic rings. The zero-order chi connectivity index (χ0) is 19.6. The summed E-state index contributed by atoms with van der Waals surface area (Å²) in [6.45, 7) is 0. The number of carbonyl (C=O) groups is 1. The number of nitro benzene ring substituents is 1. The third-order valence-corrected chi connectivity index (χ3v) is 4.83. The fourth-order valence-electron chi connectivity index (χ4n) is 2.74. The molecular formula is C19H15BrN2O5. The van der Waals surface area contributed by atoms with E-state index in [4.69, 9.17) is 9.47 Å². The molecule has 138 valence electrons. The summed E-state index contributed by atoms with van der Waals surface area (Å²) in [5.74, 6) is 0.152. The van der Waals surface area contributed by atoms with Crippen LogP contribution in [0.4, 0.5) is 11.4 Å². The summed E-state index contributed by atoms with van der Waals surface area (Å²) in [6.07, 6.45) is 0. The number of ether oxygens (including phenoxy) is 2. The van der Waals surface area contributed by atoms with Crippen molar-refractivity contribution in [2.75, 3.05) is 19.5 Å². The van der Waals surface area contributed by atoms with Crippen LogP contribution in [0.5, 0.6) is 11.5 Å². The molecule has 3 aromatic rings. The van der Waals surface area contributed by atoms with E-state index in [0.717, 1.165) is 10.8 Å². The number of benzene rings is 3. The number of carbonyl (C=O) groups excluding carboxylic acids is 1. The summed E-state index contributed by atoms with van der Waals surface area (Å²) in [5, 5.41) is 15.6. The predicted molar refractivity (Wildman–Crippen MR) is 106 cm³/mol. The molecule has 0 saturated carbocycles. The van der Waals surface area contributed by atoms with Gasteiger partial charge in [0.05, 0.1) is 35.2 Å². The third-order valence-electron chi connectivity index (χ3n) is 4.04. The average molecular weight is 431 g/mol. The second-order valence-electron chi connectivity index (χ2n) is 5.59. The van der Waals surface area contributed by atoms with Gasteiger partial charge in [0.15, 0.2) is 0 Å². The molecule has 1 amide bonds. The molecule has 0 aromatic heterocycles. The number of nitro groups is 1. The smallest absolute Gasteiger partial charge is 0.296 e. The highest BCUT2D eigenvalue weighted by atomic mass is 79.9. The number of hydrogen-bond donors (Lipinski definition) is 1. The van der Waals surface area contributed by atoms with Crippen molar-refractivity contribution in [1.82, 2.24) is 0 Å². The lowest BCUT2D eigenvalue weighted by Crippen LogP contribution is -2.14. The number of hydrogen-bond acceptors (Lipinski definition) is 5. The summed E-state index contributed by atoms with van der Waals surface area (Å²) < 4.78 is 11.0. The van der Waals surface area contributed by atoms with Gasteiger partial charge in [-0.1, -0.05) is 24.3 Å². The van der Waals surface area contributed by atoms with Gasteiger partial charge in [0.1, 0.15) is 17.2 Å². The SMILES string of the molecule is COc1ccc(NC(=O)c2cc3ccccc3c(Br)c2OC)c([N+](=O)[O-])c1. The number of fused-ring (bicyclic) bond motifs is 1. The summed E-state index contributed by atoms with van der Waals surface area (Å²) in [4.78, 5) is 23.6. The quantitative estimate of drug-likeness (QED) is 0.464. The van der Waals surface area contributed by atoms with Crippen LogP contribution < -0.4 is 14.8 Å². The van der Waals surface area contributed by atoms with E-state index >= 15 is 0 Å². The van der Waals surface area contributed by atoms with Crippen LogP contribution in [-0.4, -0.2) is 25.1 Å². The van der Waals surface area contributed by atoms with Gasteiger partial charge < -0.3 is 14.8 Å². The van der Waals surface area contributed by atoms with Gasteiger partial charge >= 0.3 is 0 Å². The predicted octanol–water partition coefficient (Wildman–Crippen LogP) is 4.78. The Labute approximate surface area is 163 Å². The van der Waals surface area contributed by atoms with Crippen LogP contribution in [-0.2, 0) is 0 Å². The molecule has 1 N–H and O–H groups in total. The number of amides is 1.